The number of nitrogens with one attached hydrogen (secondary N) is 1. The maximum absolute atomic E-state index is 4.39. The number of rotatable bonds is 3. The third-order valence-corrected chi connectivity index (χ3v) is 3.44. The molecule has 0 spiro atoms. The van der Waals surface area contributed by atoms with E-state index in [9.17, 15) is 0 Å². The van der Waals surface area contributed by atoms with Gasteiger partial charge in [0, 0.05) is 11.4 Å². The number of nitrogens with zero attached hydrogens (tertiary/aromatic N) is 2. The van der Waals surface area contributed by atoms with Crippen LogP contribution in [0.3, 0.4) is 0 Å². The van der Waals surface area contributed by atoms with Crippen LogP contribution in [-0.2, 0) is 0 Å². The maximum Gasteiger partial charge on any atom is 0.137 e. The monoisotopic (exact) mass is 293 g/mol. The number of aryl methyl sites for hydroxylation is 1. The van der Waals surface area contributed by atoms with Crippen LogP contribution in [-0.4, -0.2) is 9.97 Å². The predicted octanol–water partition coefficient (Wildman–Crippen LogP) is 5.14. The minimum atomic E-state index is 0.204. The Hall–Kier alpha value is -2.42. The highest BCUT2D eigenvalue weighted by atomic mass is 15.0. The molecule has 1 atom stereocenters. The van der Waals surface area contributed by atoms with E-state index in [1.165, 1.54) is 11.1 Å². The molecule has 1 heterocycles. The number of fused-ring (bicyclic) bond motifs is 1. The summed E-state index contributed by atoms with van der Waals surface area (Å²) in [5.41, 5.74) is 3.42. The summed E-state index contributed by atoms with van der Waals surface area (Å²) in [7, 11) is 0. The molecular weight excluding hydrogens is 270 g/mol. The molecule has 0 aliphatic carbocycles. The Morgan fingerprint density at radius 3 is 2.41 bits per heavy atom. The van der Waals surface area contributed by atoms with Gasteiger partial charge in [0.25, 0.3) is 0 Å². The highest BCUT2D eigenvalue weighted by Gasteiger charge is 2.09. The van der Waals surface area contributed by atoms with E-state index in [-0.39, 0.29) is 6.04 Å². The number of hydrogen-bond donors (Lipinski definition) is 1. The third-order valence-electron chi connectivity index (χ3n) is 3.44. The fourth-order valence-electron chi connectivity index (χ4n) is 2.32. The largest absolute Gasteiger partial charge is 0.363 e. The summed E-state index contributed by atoms with van der Waals surface area (Å²) in [4.78, 5) is 8.70. The van der Waals surface area contributed by atoms with Crippen molar-refractivity contribution >= 4 is 16.7 Å². The number of anilines is 1. The van der Waals surface area contributed by atoms with Gasteiger partial charge in [0.2, 0.25) is 0 Å². The second kappa shape index (κ2) is 7.55. The van der Waals surface area contributed by atoms with Crippen LogP contribution < -0.4 is 5.32 Å². The number of hydrogen-bond acceptors (Lipinski definition) is 3. The average molecular weight is 293 g/mol. The lowest BCUT2D eigenvalue weighted by molar-refractivity contribution is 0.876. The first-order valence-electron chi connectivity index (χ1n) is 7.77. The van der Waals surface area contributed by atoms with Gasteiger partial charge >= 0.3 is 0 Å². The molecule has 3 rings (SSSR count). The minimum Gasteiger partial charge on any atom is -0.363 e. The first-order valence-corrected chi connectivity index (χ1v) is 7.77. The lowest BCUT2D eigenvalue weighted by Gasteiger charge is -2.16. The molecule has 1 N–H and O–H groups in total. The van der Waals surface area contributed by atoms with E-state index in [1.54, 1.807) is 6.33 Å². The molecule has 114 valence electrons. The summed E-state index contributed by atoms with van der Waals surface area (Å²) >= 11 is 0. The van der Waals surface area contributed by atoms with Gasteiger partial charge in [-0.3, -0.25) is 0 Å². The first-order chi connectivity index (χ1) is 10.7. The molecule has 22 heavy (non-hydrogen) atoms. The van der Waals surface area contributed by atoms with Gasteiger partial charge in [0.05, 0.1) is 5.52 Å². The van der Waals surface area contributed by atoms with Crippen LogP contribution in [0.4, 0.5) is 5.82 Å². The molecule has 0 aliphatic heterocycles. The van der Waals surface area contributed by atoms with Crippen LogP contribution >= 0.6 is 0 Å². The lowest BCUT2D eigenvalue weighted by atomic mass is 10.1. The van der Waals surface area contributed by atoms with Crippen molar-refractivity contribution in [2.75, 3.05) is 5.32 Å². The SMILES string of the molecule is CC.Cc1ccc2ncnc(NC(C)c3ccccc3)c2c1. The van der Waals surface area contributed by atoms with Crippen molar-refractivity contribution in [2.45, 2.75) is 33.7 Å². The van der Waals surface area contributed by atoms with Crippen molar-refractivity contribution in [2.24, 2.45) is 0 Å². The summed E-state index contributed by atoms with van der Waals surface area (Å²) in [6.45, 7) is 8.22. The highest BCUT2D eigenvalue weighted by Crippen LogP contribution is 2.24. The summed E-state index contributed by atoms with van der Waals surface area (Å²) < 4.78 is 0. The van der Waals surface area contributed by atoms with Crippen molar-refractivity contribution in [1.82, 2.24) is 9.97 Å². The second-order valence-electron chi connectivity index (χ2n) is 5.02. The van der Waals surface area contributed by atoms with Crippen molar-refractivity contribution in [3.05, 3.63) is 66.0 Å². The molecule has 0 saturated carbocycles. The topological polar surface area (TPSA) is 37.8 Å². The quantitative estimate of drug-likeness (QED) is 0.726. The normalized spacial score (nSPS) is 11.5. The molecule has 1 aromatic heterocycles. The zero-order valence-electron chi connectivity index (χ0n) is 13.7. The summed E-state index contributed by atoms with van der Waals surface area (Å²) in [6.07, 6.45) is 1.61. The molecule has 0 radical (unpaired) electrons. The Labute approximate surface area is 132 Å². The number of benzene rings is 2. The highest BCUT2D eigenvalue weighted by molar-refractivity contribution is 5.89. The Bertz CT molecular complexity index is 723. The van der Waals surface area contributed by atoms with Gasteiger partial charge in [-0.05, 0) is 31.5 Å². The van der Waals surface area contributed by atoms with Crippen LogP contribution in [0.1, 0.15) is 37.9 Å². The van der Waals surface area contributed by atoms with Crippen molar-refractivity contribution in [3.8, 4) is 0 Å². The fraction of sp³-hybridized carbons (Fsp3) is 0.263. The van der Waals surface area contributed by atoms with E-state index in [4.69, 9.17) is 0 Å². The van der Waals surface area contributed by atoms with Gasteiger partial charge in [-0.1, -0.05) is 55.8 Å². The smallest absolute Gasteiger partial charge is 0.137 e. The molecule has 1 unspecified atom stereocenters. The Morgan fingerprint density at radius 1 is 0.955 bits per heavy atom. The average Bonchev–Trinajstić information content (AvgIpc) is 2.58. The molecule has 0 aliphatic rings. The maximum atomic E-state index is 4.39. The van der Waals surface area contributed by atoms with Gasteiger partial charge in [0.1, 0.15) is 12.1 Å². The first kappa shape index (κ1) is 16.0. The van der Waals surface area contributed by atoms with Gasteiger partial charge < -0.3 is 5.32 Å². The summed E-state index contributed by atoms with van der Waals surface area (Å²) in [5, 5.41) is 4.54. The Kier molecular flexibility index (Phi) is 5.48. The minimum absolute atomic E-state index is 0.204. The van der Waals surface area contributed by atoms with Crippen molar-refractivity contribution in [3.63, 3.8) is 0 Å². The van der Waals surface area contributed by atoms with Crippen LogP contribution in [0.5, 0.6) is 0 Å². The molecule has 0 fully saturated rings. The van der Waals surface area contributed by atoms with E-state index < -0.39 is 0 Å². The summed E-state index contributed by atoms with van der Waals surface area (Å²) in [6, 6.07) is 16.8. The van der Waals surface area contributed by atoms with Crippen LogP contribution in [0.25, 0.3) is 10.9 Å². The molecule has 0 saturated heterocycles. The Balaban J connectivity index is 0.000000847. The van der Waals surface area contributed by atoms with Crippen LogP contribution in [0, 0.1) is 6.92 Å². The van der Waals surface area contributed by atoms with E-state index in [0.29, 0.717) is 0 Å². The van der Waals surface area contributed by atoms with E-state index >= 15 is 0 Å². The molecule has 3 nitrogen and oxygen atoms in total. The van der Waals surface area contributed by atoms with Gasteiger partial charge in [0.15, 0.2) is 0 Å². The van der Waals surface area contributed by atoms with Crippen LogP contribution in [0.15, 0.2) is 54.9 Å². The molecule has 2 aromatic carbocycles. The predicted molar refractivity (Wildman–Crippen MR) is 94.1 cm³/mol. The second-order valence-corrected chi connectivity index (χ2v) is 5.02. The van der Waals surface area contributed by atoms with Gasteiger partial charge in [-0.25, -0.2) is 9.97 Å². The summed E-state index contributed by atoms with van der Waals surface area (Å²) in [5.74, 6) is 0.884. The van der Waals surface area contributed by atoms with Gasteiger partial charge in [-0.15, -0.1) is 0 Å². The van der Waals surface area contributed by atoms with E-state index in [1.807, 2.05) is 26.0 Å². The zero-order valence-corrected chi connectivity index (χ0v) is 13.7. The van der Waals surface area contributed by atoms with Gasteiger partial charge in [-0.2, -0.15) is 0 Å². The molecule has 3 heteroatoms. The van der Waals surface area contributed by atoms with Crippen molar-refractivity contribution < 1.29 is 0 Å². The molecular formula is C19H23N3. The molecule has 0 amide bonds. The fourth-order valence-corrected chi connectivity index (χ4v) is 2.32. The number of aromatic nitrogens is 2. The molecule has 0 bridgehead atoms. The van der Waals surface area contributed by atoms with E-state index in [2.05, 4.69) is 65.5 Å². The Morgan fingerprint density at radius 2 is 1.68 bits per heavy atom. The van der Waals surface area contributed by atoms with Crippen molar-refractivity contribution in [1.29, 1.82) is 0 Å². The standard InChI is InChI=1S/C17H17N3.C2H6/c1-12-8-9-16-15(10-12)17(19-11-18-16)20-13(2)14-6-4-3-5-7-14;1-2/h3-11,13H,1-2H3,(H,18,19,20);1-2H3. The van der Waals surface area contributed by atoms with E-state index in [0.717, 1.165) is 16.7 Å². The lowest BCUT2D eigenvalue weighted by Crippen LogP contribution is -2.08. The van der Waals surface area contributed by atoms with Crippen LogP contribution in [0.2, 0.25) is 0 Å². The molecule has 3 aromatic rings. The zero-order chi connectivity index (χ0) is 15.9. The third kappa shape index (κ3) is 3.61.